The van der Waals surface area contributed by atoms with Crippen molar-refractivity contribution < 1.29 is 4.79 Å². The van der Waals surface area contributed by atoms with Crippen LogP contribution in [0, 0.1) is 0 Å². The molecule has 0 saturated heterocycles. The van der Waals surface area contributed by atoms with Crippen molar-refractivity contribution in [1.29, 1.82) is 0 Å². The molecule has 0 atom stereocenters. The maximum absolute atomic E-state index is 12.9. The van der Waals surface area contributed by atoms with Gasteiger partial charge in [-0.05, 0) is 32.6 Å². The van der Waals surface area contributed by atoms with Crippen molar-refractivity contribution in [2.75, 3.05) is 52.4 Å². The molecule has 0 bridgehead atoms. The first-order valence-corrected chi connectivity index (χ1v) is 13.3. The molecule has 0 rings (SSSR count). The Morgan fingerprint density at radius 2 is 0.867 bits per heavy atom. The lowest BCUT2D eigenvalue weighted by atomic mass is 10.1. The zero-order chi connectivity index (χ0) is 22.5. The summed E-state index contributed by atoms with van der Waals surface area (Å²) in [5.74, 6) is 0.366. The van der Waals surface area contributed by atoms with E-state index in [0.29, 0.717) is 5.91 Å². The van der Waals surface area contributed by atoms with Gasteiger partial charge in [0.2, 0.25) is 5.91 Å². The third kappa shape index (κ3) is 16.1. The van der Waals surface area contributed by atoms with Crippen LogP contribution in [0.4, 0.5) is 0 Å². The van der Waals surface area contributed by atoms with Crippen LogP contribution in [0.1, 0.15) is 112 Å². The normalized spacial score (nSPS) is 11.6. The average molecular weight is 426 g/mol. The van der Waals surface area contributed by atoms with Crippen LogP contribution in [0.3, 0.4) is 0 Å². The van der Waals surface area contributed by atoms with Crippen LogP contribution in [-0.4, -0.2) is 73.0 Å². The van der Waals surface area contributed by atoms with Gasteiger partial charge in [0.15, 0.2) is 0 Å². The van der Waals surface area contributed by atoms with Crippen LogP contribution < -0.4 is 0 Å². The van der Waals surface area contributed by atoms with E-state index in [4.69, 9.17) is 0 Å². The second-order valence-corrected chi connectivity index (χ2v) is 8.72. The van der Waals surface area contributed by atoms with Gasteiger partial charge in [-0.1, -0.05) is 98.8 Å². The molecule has 0 fully saturated rings. The number of unbranched alkanes of at least 4 members (excludes halogenated alkanes) is 10. The minimum absolute atomic E-state index is 0.366. The smallest absolute Gasteiger partial charge is 0.222 e. The summed E-state index contributed by atoms with van der Waals surface area (Å²) < 4.78 is 0. The fraction of sp³-hybridized carbons (Fsp3) is 0.962. The number of nitrogens with zero attached hydrogens (tertiary/aromatic N) is 3. The van der Waals surface area contributed by atoms with E-state index in [1.807, 2.05) is 0 Å². The summed E-state index contributed by atoms with van der Waals surface area (Å²) in [4.78, 5) is 19.8. The summed E-state index contributed by atoms with van der Waals surface area (Å²) in [6.07, 6.45) is 15.4. The number of amides is 1. The molecule has 0 aromatic heterocycles. The van der Waals surface area contributed by atoms with Crippen LogP contribution in [0.5, 0.6) is 0 Å². The number of hydrogen-bond donors (Lipinski definition) is 0. The second-order valence-electron chi connectivity index (χ2n) is 8.72. The molecule has 0 unspecified atom stereocenters. The van der Waals surface area contributed by atoms with Gasteiger partial charge in [-0.15, -0.1) is 0 Å². The molecule has 4 heteroatoms. The van der Waals surface area contributed by atoms with Crippen LogP contribution in [0.15, 0.2) is 0 Å². The number of hydrogen-bond acceptors (Lipinski definition) is 3. The highest BCUT2D eigenvalue weighted by atomic mass is 16.2. The van der Waals surface area contributed by atoms with Gasteiger partial charge in [0.25, 0.3) is 0 Å². The monoisotopic (exact) mass is 425 g/mol. The van der Waals surface area contributed by atoms with E-state index in [9.17, 15) is 4.79 Å². The van der Waals surface area contributed by atoms with E-state index < -0.39 is 0 Å². The Bertz CT molecular complexity index is 351. The lowest BCUT2D eigenvalue weighted by Crippen LogP contribution is -2.42. The van der Waals surface area contributed by atoms with Crippen molar-refractivity contribution >= 4 is 5.91 Å². The summed E-state index contributed by atoms with van der Waals surface area (Å²) in [6.45, 7) is 19.1. The van der Waals surface area contributed by atoms with Gasteiger partial charge in [-0.25, -0.2) is 0 Å². The Balaban J connectivity index is 4.08. The molecule has 0 aliphatic carbocycles. The van der Waals surface area contributed by atoms with Crippen LogP contribution >= 0.6 is 0 Å². The topological polar surface area (TPSA) is 26.8 Å². The molecular formula is C26H55N3O. The molecule has 0 aromatic carbocycles. The highest BCUT2D eigenvalue weighted by Gasteiger charge is 2.15. The molecule has 0 aliphatic heterocycles. The van der Waals surface area contributed by atoms with Gasteiger partial charge in [0.1, 0.15) is 0 Å². The molecule has 0 N–H and O–H groups in total. The summed E-state index contributed by atoms with van der Waals surface area (Å²) in [5, 5.41) is 0. The molecule has 0 spiro atoms. The van der Waals surface area contributed by atoms with Crippen molar-refractivity contribution in [2.45, 2.75) is 112 Å². The van der Waals surface area contributed by atoms with E-state index in [-0.39, 0.29) is 0 Å². The average Bonchev–Trinajstić information content (AvgIpc) is 2.77. The Kier molecular flexibility index (Phi) is 21.2. The lowest BCUT2D eigenvalue weighted by molar-refractivity contribution is -0.131. The molecule has 0 aromatic rings. The Hall–Kier alpha value is -0.610. The quantitative estimate of drug-likeness (QED) is 0.193. The van der Waals surface area contributed by atoms with E-state index in [1.165, 1.54) is 64.2 Å². The number of carbonyl (C=O) groups is 1. The van der Waals surface area contributed by atoms with Gasteiger partial charge >= 0.3 is 0 Å². The Morgan fingerprint density at radius 1 is 0.500 bits per heavy atom. The molecular weight excluding hydrogens is 370 g/mol. The van der Waals surface area contributed by atoms with Crippen LogP contribution in [-0.2, 0) is 4.79 Å². The highest BCUT2D eigenvalue weighted by molar-refractivity contribution is 5.76. The first kappa shape index (κ1) is 29.4. The van der Waals surface area contributed by atoms with E-state index >= 15 is 0 Å². The predicted molar refractivity (Wildman–Crippen MR) is 133 cm³/mol. The fourth-order valence-corrected chi connectivity index (χ4v) is 4.06. The predicted octanol–water partition coefficient (Wildman–Crippen LogP) is 6.20. The molecule has 0 heterocycles. The molecule has 1 amide bonds. The molecule has 0 saturated carbocycles. The van der Waals surface area contributed by atoms with Crippen molar-refractivity contribution in [3.05, 3.63) is 0 Å². The largest absolute Gasteiger partial charge is 0.340 e. The first-order valence-electron chi connectivity index (χ1n) is 13.3. The second kappa shape index (κ2) is 21.6. The zero-order valence-electron chi connectivity index (χ0n) is 21.4. The minimum atomic E-state index is 0.366. The summed E-state index contributed by atoms with van der Waals surface area (Å²) >= 11 is 0. The molecule has 30 heavy (non-hydrogen) atoms. The highest BCUT2D eigenvalue weighted by Crippen LogP contribution is 2.12. The fourth-order valence-electron chi connectivity index (χ4n) is 4.06. The number of carbonyl (C=O) groups excluding carboxylic acids is 1. The maximum atomic E-state index is 12.9. The van der Waals surface area contributed by atoms with Crippen molar-refractivity contribution in [2.24, 2.45) is 0 Å². The number of likely N-dealkylation sites (N-methyl/N-ethyl adjacent to an activating group) is 2. The molecule has 4 nitrogen and oxygen atoms in total. The van der Waals surface area contributed by atoms with Gasteiger partial charge in [-0.2, -0.15) is 0 Å². The lowest BCUT2D eigenvalue weighted by Gasteiger charge is -2.29. The third-order valence-corrected chi connectivity index (χ3v) is 6.51. The van der Waals surface area contributed by atoms with Gasteiger partial charge < -0.3 is 14.7 Å². The standard InChI is InChI=1S/C26H55N3O/c1-6-11-12-13-14-15-16-17-18-19-20-21-26(30)29(24-22-27(7-2)8-3)25-23-28(9-4)10-5/h6-25H2,1-5H3. The van der Waals surface area contributed by atoms with Crippen molar-refractivity contribution in [3.8, 4) is 0 Å². The summed E-state index contributed by atoms with van der Waals surface area (Å²) in [6, 6.07) is 0. The van der Waals surface area contributed by atoms with E-state index in [1.54, 1.807) is 0 Å². The van der Waals surface area contributed by atoms with Crippen LogP contribution in [0.25, 0.3) is 0 Å². The zero-order valence-corrected chi connectivity index (χ0v) is 21.4. The Morgan fingerprint density at radius 3 is 1.23 bits per heavy atom. The maximum Gasteiger partial charge on any atom is 0.222 e. The van der Waals surface area contributed by atoms with Crippen molar-refractivity contribution in [1.82, 2.24) is 14.7 Å². The van der Waals surface area contributed by atoms with E-state index in [0.717, 1.165) is 65.2 Å². The molecule has 0 aliphatic rings. The Labute approximate surface area is 189 Å². The first-order chi connectivity index (χ1) is 14.6. The van der Waals surface area contributed by atoms with Crippen LogP contribution in [0.2, 0.25) is 0 Å². The summed E-state index contributed by atoms with van der Waals surface area (Å²) in [7, 11) is 0. The van der Waals surface area contributed by atoms with Gasteiger partial charge in [-0.3, -0.25) is 4.79 Å². The third-order valence-electron chi connectivity index (χ3n) is 6.51. The summed E-state index contributed by atoms with van der Waals surface area (Å²) in [5.41, 5.74) is 0. The SMILES string of the molecule is CCCCCCCCCCCCCC(=O)N(CCN(CC)CC)CCN(CC)CC. The van der Waals surface area contributed by atoms with Gasteiger partial charge in [0, 0.05) is 32.6 Å². The van der Waals surface area contributed by atoms with Gasteiger partial charge in [0.05, 0.1) is 0 Å². The minimum Gasteiger partial charge on any atom is -0.340 e. The molecule has 0 radical (unpaired) electrons. The van der Waals surface area contributed by atoms with E-state index in [2.05, 4.69) is 49.3 Å². The number of rotatable bonds is 22. The molecule has 180 valence electrons. The van der Waals surface area contributed by atoms with Crippen molar-refractivity contribution in [3.63, 3.8) is 0 Å².